The number of para-hydroxylation sites is 1. The van der Waals surface area contributed by atoms with Gasteiger partial charge in [0, 0.05) is 24.8 Å². The average molecular weight is 390 g/mol. The lowest BCUT2D eigenvalue weighted by Gasteiger charge is -2.23. The van der Waals surface area contributed by atoms with Crippen LogP contribution in [0.15, 0.2) is 60.7 Å². The molecular weight excluding hydrogens is 366 g/mol. The van der Waals surface area contributed by atoms with Crippen LogP contribution in [0.1, 0.15) is 31.6 Å². The minimum atomic E-state index is 0.0391. The van der Waals surface area contributed by atoms with E-state index < -0.39 is 0 Å². The lowest BCUT2D eigenvalue weighted by Crippen LogP contribution is -2.30. The normalized spacial score (nSPS) is 11.1. The number of aryl methyl sites for hydroxylation is 3. The minimum Gasteiger partial charge on any atom is -0.346 e. The SMILES string of the molecule is Cc1nc(C)c(C(=O)N(Cc2ccccc2)Cc2cc3ccccc3n2C)s1. The molecule has 0 aliphatic carbocycles. The van der Waals surface area contributed by atoms with Crippen LogP contribution in [0.25, 0.3) is 10.9 Å². The summed E-state index contributed by atoms with van der Waals surface area (Å²) < 4.78 is 2.17. The van der Waals surface area contributed by atoms with Crippen molar-refractivity contribution >= 4 is 28.1 Å². The molecule has 0 unspecified atom stereocenters. The minimum absolute atomic E-state index is 0.0391. The zero-order chi connectivity index (χ0) is 19.7. The number of hydrogen-bond donors (Lipinski definition) is 0. The van der Waals surface area contributed by atoms with Crippen molar-refractivity contribution in [2.75, 3.05) is 0 Å². The Morgan fingerprint density at radius 2 is 1.75 bits per heavy atom. The number of nitrogens with zero attached hydrogens (tertiary/aromatic N) is 3. The quantitative estimate of drug-likeness (QED) is 0.477. The van der Waals surface area contributed by atoms with E-state index in [1.54, 1.807) is 0 Å². The van der Waals surface area contributed by atoms with E-state index in [9.17, 15) is 4.79 Å². The first-order valence-electron chi connectivity index (χ1n) is 9.33. The molecule has 0 saturated carbocycles. The fourth-order valence-corrected chi connectivity index (χ4v) is 4.46. The van der Waals surface area contributed by atoms with Crippen molar-refractivity contribution in [1.29, 1.82) is 0 Å². The molecule has 4 aromatic rings. The van der Waals surface area contributed by atoms with Crippen molar-refractivity contribution in [3.63, 3.8) is 0 Å². The Bertz CT molecular complexity index is 1130. The molecule has 4 rings (SSSR count). The highest BCUT2D eigenvalue weighted by Crippen LogP contribution is 2.24. The number of carbonyl (C=O) groups is 1. The first kappa shape index (κ1) is 18.4. The van der Waals surface area contributed by atoms with E-state index in [1.807, 2.05) is 49.1 Å². The summed E-state index contributed by atoms with van der Waals surface area (Å²) in [4.78, 5) is 20.5. The van der Waals surface area contributed by atoms with Gasteiger partial charge in [-0.2, -0.15) is 0 Å². The van der Waals surface area contributed by atoms with Gasteiger partial charge in [-0.3, -0.25) is 4.79 Å². The average Bonchev–Trinajstić information content (AvgIpc) is 3.20. The Kier molecular flexibility index (Phi) is 5.01. The fraction of sp³-hybridized carbons (Fsp3) is 0.217. The fourth-order valence-electron chi connectivity index (χ4n) is 3.57. The van der Waals surface area contributed by atoms with Gasteiger partial charge in [0.1, 0.15) is 4.88 Å². The first-order valence-corrected chi connectivity index (χ1v) is 10.1. The smallest absolute Gasteiger partial charge is 0.266 e. The van der Waals surface area contributed by atoms with Crippen molar-refractivity contribution < 1.29 is 4.79 Å². The molecule has 1 amide bonds. The number of aromatic nitrogens is 2. The molecule has 0 fully saturated rings. The Morgan fingerprint density at radius 3 is 2.43 bits per heavy atom. The Hall–Kier alpha value is -2.92. The molecular formula is C23H23N3OS. The third kappa shape index (κ3) is 3.58. The number of rotatable bonds is 5. The van der Waals surface area contributed by atoms with Gasteiger partial charge in [0.05, 0.1) is 17.2 Å². The number of hydrogen-bond acceptors (Lipinski definition) is 3. The van der Waals surface area contributed by atoms with Crippen molar-refractivity contribution in [3.8, 4) is 0 Å². The van der Waals surface area contributed by atoms with Gasteiger partial charge in [0.15, 0.2) is 0 Å². The van der Waals surface area contributed by atoms with Crippen molar-refractivity contribution in [1.82, 2.24) is 14.5 Å². The molecule has 0 aliphatic rings. The van der Waals surface area contributed by atoms with E-state index in [-0.39, 0.29) is 5.91 Å². The summed E-state index contributed by atoms with van der Waals surface area (Å²) in [6.45, 7) is 4.97. The standard InChI is InChI=1S/C23H23N3OS/c1-16-22(28-17(2)24-16)23(27)26(14-18-9-5-4-6-10-18)15-20-13-19-11-7-8-12-21(19)25(20)3/h4-13H,14-15H2,1-3H3. The van der Waals surface area contributed by atoms with Crippen molar-refractivity contribution in [3.05, 3.63) is 87.5 Å². The van der Waals surface area contributed by atoms with Crippen LogP contribution in [0.2, 0.25) is 0 Å². The zero-order valence-corrected chi connectivity index (χ0v) is 17.2. The van der Waals surface area contributed by atoms with Crippen LogP contribution in [0, 0.1) is 13.8 Å². The van der Waals surface area contributed by atoms with E-state index in [0.717, 1.165) is 26.8 Å². The van der Waals surface area contributed by atoms with E-state index in [0.29, 0.717) is 13.1 Å². The summed E-state index contributed by atoms with van der Waals surface area (Å²) >= 11 is 1.47. The van der Waals surface area contributed by atoms with Crippen LogP contribution < -0.4 is 0 Å². The monoisotopic (exact) mass is 389 g/mol. The van der Waals surface area contributed by atoms with Crippen LogP contribution in [-0.2, 0) is 20.1 Å². The molecule has 0 aliphatic heterocycles. The van der Waals surface area contributed by atoms with E-state index >= 15 is 0 Å². The maximum Gasteiger partial charge on any atom is 0.266 e. The zero-order valence-electron chi connectivity index (χ0n) is 16.3. The molecule has 28 heavy (non-hydrogen) atoms. The van der Waals surface area contributed by atoms with Gasteiger partial charge >= 0.3 is 0 Å². The van der Waals surface area contributed by atoms with Gasteiger partial charge in [-0.05, 0) is 36.9 Å². The van der Waals surface area contributed by atoms with Crippen molar-refractivity contribution in [2.45, 2.75) is 26.9 Å². The number of fused-ring (bicyclic) bond motifs is 1. The molecule has 0 saturated heterocycles. The highest BCUT2D eigenvalue weighted by molar-refractivity contribution is 7.13. The van der Waals surface area contributed by atoms with Crippen LogP contribution in [0.4, 0.5) is 0 Å². The van der Waals surface area contributed by atoms with Crippen LogP contribution in [-0.4, -0.2) is 20.4 Å². The van der Waals surface area contributed by atoms with Crippen molar-refractivity contribution in [2.24, 2.45) is 7.05 Å². The van der Waals surface area contributed by atoms with Crippen LogP contribution >= 0.6 is 11.3 Å². The molecule has 142 valence electrons. The third-order valence-electron chi connectivity index (χ3n) is 5.01. The summed E-state index contributed by atoms with van der Waals surface area (Å²) in [6, 6.07) is 20.6. The first-order chi connectivity index (χ1) is 13.5. The molecule has 2 heterocycles. The molecule has 0 spiro atoms. The molecule has 0 bridgehead atoms. The lowest BCUT2D eigenvalue weighted by atomic mass is 10.2. The highest BCUT2D eigenvalue weighted by Gasteiger charge is 2.22. The van der Waals surface area contributed by atoms with Gasteiger partial charge in [0.2, 0.25) is 0 Å². The maximum atomic E-state index is 13.4. The van der Waals surface area contributed by atoms with Gasteiger partial charge in [-0.1, -0.05) is 48.5 Å². The van der Waals surface area contributed by atoms with Crippen LogP contribution in [0.3, 0.4) is 0 Å². The van der Waals surface area contributed by atoms with E-state index in [1.165, 1.54) is 22.2 Å². The summed E-state index contributed by atoms with van der Waals surface area (Å²) in [7, 11) is 2.06. The van der Waals surface area contributed by atoms with E-state index in [4.69, 9.17) is 0 Å². The number of amides is 1. The Balaban J connectivity index is 1.70. The number of carbonyl (C=O) groups excluding carboxylic acids is 1. The predicted molar refractivity (Wildman–Crippen MR) is 115 cm³/mol. The molecule has 0 N–H and O–H groups in total. The Morgan fingerprint density at radius 1 is 1.04 bits per heavy atom. The second-order valence-electron chi connectivity index (χ2n) is 7.05. The largest absolute Gasteiger partial charge is 0.346 e. The second kappa shape index (κ2) is 7.60. The third-order valence-corrected chi connectivity index (χ3v) is 6.07. The van der Waals surface area contributed by atoms with Crippen LogP contribution in [0.5, 0.6) is 0 Å². The summed E-state index contributed by atoms with van der Waals surface area (Å²) in [5.41, 5.74) is 4.22. The molecule has 2 aromatic carbocycles. The number of thiazole rings is 1. The van der Waals surface area contributed by atoms with E-state index in [2.05, 4.69) is 46.9 Å². The topological polar surface area (TPSA) is 38.1 Å². The van der Waals surface area contributed by atoms with Gasteiger partial charge in [-0.25, -0.2) is 4.98 Å². The number of benzene rings is 2. The van der Waals surface area contributed by atoms with Gasteiger partial charge < -0.3 is 9.47 Å². The molecule has 0 atom stereocenters. The maximum absolute atomic E-state index is 13.4. The van der Waals surface area contributed by atoms with Gasteiger partial charge in [-0.15, -0.1) is 11.3 Å². The Labute approximate surface area is 169 Å². The van der Waals surface area contributed by atoms with Gasteiger partial charge in [0.25, 0.3) is 5.91 Å². The highest BCUT2D eigenvalue weighted by atomic mass is 32.1. The molecule has 5 heteroatoms. The molecule has 2 aromatic heterocycles. The molecule has 0 radical (unpaired) electrons. The lowest BCUT2D eigenvalue weighted by molar-refractivity contribution is 0.0730. The summed E-state index contributed by atoms with van der Waals surface area (Å²) in [5.74, 6) is 0.0391. The summed E-state index contributed by atoms with van der Waals surface area (Å²) in [5, 5.41) is 2.11. The molecule has 4 nitrogen and oxygen atoms in total. The predicted octanol–water partition coefficient (Wildman–Crippen LogP) is 5.09. The second-order valence-corrected chi connectivity index (χ2v) is 8.25. The summed E-state index contributed by atoms with van der Waals surface area (Å²) in [6.07, 6.45) is 0.